The minimum Gasteiger partial charge on any atom is -0.371 e. The minimum atomic E-state index is -0.0252. The van der Waals surface area contributed by atoms with Crippen LogP contribution in [0.3, 0.4) is 0 Å². The van der Waals surface area contributed by atoms with Gasteiger partial charge in [-0.05, 0) is 50.8 Å². The number of benzene rings is 1. The predicted octanol–water partition coefficient (Wildman–Crippen LogP) is 2.69. The summed E-state index contributed by atoms with van der Waals surface area (Å²) in [5.41, 5.74) is 1.28. The van der Waals surface area contributed by atoms with E-state index in [1.807, 2.05) is 6.07 Å². The van der Waals surface area contributed by atoms with Crippen LogP contribution in [0.15, 0.2) is 30.3 Å². The van der Waals surface area contributed by atoms with E-state index in [0.29, 0.717) is 12.0 Å². The monoisotopic (exact) mass is 344 g/mol. The molecule has 2 heterocycles. The Balaban J connectivity index is 1.30. The Hall–Kier alpha value is -1.75. The molecule has 5 nitrogen and oxygen atoms in total. The van der Waals surface area contributed by atoms with E-state index in [1.165, 1.54) is 31.5 Å². The molecule has 2 fully saturated rings. The number of piperidine rings is 1. The molecule has 1 aromatic rings. The summed E-state index contributed by atoms with van der Waals surface area (Å²) in [4.78, 5) is 16.9. The molecule has 2 amide bonds. The van der Waals surface area contributed by atoms with Crippen molar-refractivity contribution in [2.75, 3.05) is 44.2 Å². The third kappa shape index (κ3) is 5.36. The smallest absolute Gasteiger partial charge is 0.314 e. The molecule has 0 saturated carbocycles. The maximum Gasteiger partial charge on any atom is 0.314 e. The van der Waals surface area contributed by atoms with Crippen LogP contribution in [0.25, 0.3) is 0 Å². The molecule has 2 atom stereocenters. The molecule has 0 aliphatic carbocycles. The van der Waals surface area contributed by atoms with Crippen molar-refractivity contribution in [3.63, 3.8) is 0 Å². The van der Waals surface area contributed by atoms with E-state index < -0.39 is 0 Å². The van der Waals surface area contributed by atoms with Gasteiger partial charge < -0.3 is 15.5 Å². The van der Waals surface area contributed by atoms with Crippen LogP contribution in [0.1, 0.15) is 32.6 Å². The van der Waals surface area contributed by atoms with Gasteiger partial charge in [0.1, 0.15) is 0 Å². The van der Waals surface area contributed by atoms with Gasteiger partial charge in [0.2, 0.25) is 0 Å². The van der Waals surface area contributed by atoms with E-state index >= 15 is 0 Å². The van der Waals surface area contributed by atoms with Crippen molar-refractivity contribution >= 4 is 11.7 Å². The zero-order valence-electron chi connectivity index (χ0n) is 15.4. The highest BCUT2D eigenvalue weighted by Gasteiger charge is 2.23. The number of nitrogens with zero attached hydrogens (tertiary/aromatic N) is 2. The van der Waals surface area contributed by atoms with Crippen molar-refractivity contribution < 1.29 is 4.79 Å². The van der Waals surface area contributed by atoms with Gasteiger partial charge in [-0.25, -0.2) is 4.79 Å². The SMILES string of the molecule is C[C@H]1CCCCN1CCNC(=O)NC[C@H]1CCN(c2ccccc2)C1. The van der Waals surface area contributed by atoms with Gasteiger partial charge in [0.25, 0.3) is 0 Å². The van der Waals surface area contributed by atoms with Gasteiger partial charge in [-0.15, -0.1) is 0 Å². The van der Waals surface area contributed by atoms with Crippen molar-refractivity contribution in [1.82, 2.24) is 15.5 Å². The van der Waals surface area contributed by atoms with E-state index in [1.54, 1.807) is 0 Å². The Morgan fingerprint density at radius 1 is 1.12 bits per heavy atom. The number of carbonyl (C=O) groups excluding carboxylic acids is 1. The molecule has 0 spiro atoms. The van der Waals surface area contributed by atoms with Gasteiger partial charge in [0.15, 0.2) is 0 Å². The van der Waals surface area contributed by atoms with Gasteiger partial charge in [-0.3, -0.25) is 4.90 Å². The van der Waals surface area contributed by atoms with E-state index in [0.717, 1.165) is 39.1 Å². The summed E-state index contributed by atoms with van der Waals surface area (Å²) < 4.78 is 0. The zero-order chi connectivity index (χ0) is 17.5. The van der Waals surface area contributed by atoms with Crippen LogP contribution in [0.4, 0.5) is 10.5 Å². The number of amides is 2. The van der Waals surface area contributed by atoms with Crippen molar-refractivity contribution in [2.45, 2.75) is 38.6 Å². The Kier molecular flexibility index (Phi) is 6.56. The topological polar surface area (TPSA) is 47.6 Å². The highest BCUT2D eigenvalue weighted by atomic mass is 16.2. The number of likely N-dealkylation sites (tertiary alicyclic amines) is 1. The molecule has 2 N–H and O–H groups in total. The molecule has 138 valence electrons. The average Bonchev–Trinajstić information content (AvgIpc) is 3.11. The quantitative estimate of drug-likeness (QED) is 0.834. The van der Waals surface area contributed by atoms with Crippen LogP contribution in [0, 0.1) is 5.92 Å². The lowest BCUT2D eigenvalue weighted by atomic mass is 10.0. The molecule has 2 saturated heterocycles. The fourth-order valence-corrected chi connectivity index (χ4v) is 3.97. The molecule has 0 bridgehead atoms. The first kappa shape index (κ1) is 18.1. The highest BCUT2D eigenvalue weighted by molar-refractivity contribution is 5.73. The van der Waals surface area contributed by atoms with Crippen molar-refractivity contribution in [3.8, 4) is 0 Å². The fraction of sp³-hybridized carbons (Fsp3) is 0.650. The van der Waals surface area contributed by atoms with Gasteiger partial charge in [0.05, 0.1) is 0 Å². The van der Waals surface area contributed by atoms with Crippen LogP contribution in [0.2, 0.25) is 0 Å². The molecule has 25 heavy (non-hydrogen) atoms. The Labute approximate surface area is 151 Å². The second-order valence-corrected chi connectivity index (χ2v) is 7.45. The standard InChI is InChI=1S/C20H32N4O/c1-17-7-5-6-12-23(17)14-11-21-20(25)22-15-18-10-13-24(16-18)19-8-3-2-4-9-19/h2-4,8-9,17-18H,5-7,10-16H2,1H3,(H2,21,22,25)/t17-,18+/m0/s1. The van der Waals surface area contributed by atoms with Crippen LogP contribution in [0.5, 0.6) is 0 Å². The lowest BCUT2D eigenvalue weighted by Gasteiger charge is -2.33. The van der Waals surface area contributed by atoms with Crippen LogP contribution in [-0.4, -0.2) is 56.2 Å². The average molecular weight is 345 g/mol. The number of urea groups is 1. The summed E-state index contributed by atoms with van der Waals surface area (Å²) in [6.45, 7) is 8.01. The third-order valence-electron chi connectivity index (χ3n) is 5.58. The summed E-state index contributed by atoms with van der Waals surface area (Å²) >= 11 is 0. The van der Waals surface area contributed by atoms with E-state index in [4.69, 9.17) is 0 Å². The van der Waals surface area contributed by atoms with Gasteiger partial charge >= 0.3 is 6.03 Å². The largest absolute Gasteiger partial charge is 0.371 e. The summed E-state index contributed by atoms with van der Waals surface area (Å²) in [6.07, 6.45) is 5.05. The summed E-state index contributed by atoms with van der Waals surface area (Å²) in [7, 11) is 0. The predicted molar refractivity (Wildman–Crippen MR) is 103 cm³/mol. The van der Waals surface area contributed by atoms with E-state index in [9.17, 15) is 4.79 Å². The van der Waals surface area contributed by atoms with Gasteiger partial charge in [-0.1, -0.05) is 24.6 Å². The van der Waals surface area contributed by atoms with Crippen LogP contribution >= 0.6 is 0 Å². The summed E-state index contributed by atoms with van der Waals surface area (Å²) in [5, 5.41) is 6.06. The Morgan fingerprint density at radius 3 is 2.76 bits per heavy atom. The van der Waals surface area contributed by atoms with Crippen molar-refractivity contribution in [1.29, 1.82) is 0 Å². The van der Waals surface area contributed by atoms with Gasteiger partial charge in [-0.2, -0.15) is 0 Å². The molecule has 0 unspecified atom stereocenters. The van der Waals surface area contributed by atoms with Crippen molar-refractivity contribution in [2.24, 2.45) is 5.92 Å². The number of rotatable bonds is 6. The first-order chi connectivity index (χ1) is 12.2. The summed E-state index contributed by atoms with van der Waals surface area (Å²) in [6, 6.07) is 11.2. The minimum absolute atomic E-state index is 0.0252. The Morgan fingerprint density at radius 2 is 1.96 bits per heavy atom. The maximum absolute atomic E-state index is 12.0. The van der Waals surface area contributed by atoms with Crippen LogP contribution < -0.4 is 15.5 Å². The molecule has 0 aromatic heterocycles. The normalized spacial score (nSPS) is 24.3. The lowest BCUT2D eigenvalue weighted by Crippen LogP contribution is -2.45. The molecule has 1 aromatic carbocycles. The Bertz CT molecular complexity index is 536. The molecular formula is C20H32N4O. The summed E-state index contributed by atoms with van der Waals surface area (Å²) in [5.74, 6) is 0.535. The molecular weight excluding hydrogens is 312 g/mol. The van der Waals surface area contributed by atoms with Crippen LogP contribution in [-0.2, 0) is 0 Å². The van der Waals surface area contributed by atoms with Gasteiger partial charge in [0, 0.05) is 44.5 Å². The second-order valence-electron chi connectivity index (χ2n) is 7.45. The number of anilines is 1. The molecule has 3 rings (SSSR count). The number of carbonyl (C=O) groups is 1. The second kappa shape index (κ2) is 9.09. The number of nitrogens with one attached hydrogen (secondary N) is 2. The number of hydrogen-bond donors (Lipinski definition) is 2. The molecule has 5 heteroatoms. The zero-order valence-corrected chi connectivity index (χ0v) is 15.4. The number of para-hydroxylation sites is 1. The first-order valence-corrected chi connectivity index (χ1v) is 9.78. The third-order valence-corrected chi connectivity index (χ3v) is 5.58. The van der Waals surface area contributed by atoms with E-state index in [2.05, 4.69) is 51.6 Å². The maximum atomic E-state index is 12.0. The first-order valence-electron chi connectivity index (χ1n) is 9.78. The van der Waals surface area contributed by atoms with E-state index in [-0.39, 0.29) is 6.03 Å². The molecule has 2 aliphatic heterocycles. The van der Waals surface area contributed by atoms with Crippen molar-refractivity contribution in [3.05, 3.63) is 30.3 Å². The lowest BCUT2D eigenvalue weighted by molar-refractivity contribution is 0.161. The highest BCUT2D eigenvalue weighted by Crippen LogP contribution is 2.22. The fourth-order valence-electron chi connectivity index (χ4n) is 3.97. The molecule has 0 radical (unpaired) electrons. The number of hydrogen-bond acceptors (Lipinski definition) is 3. The molecule has 2 aliphatic rings.